The summed E-state index contributed by atoms with van der Waals surface area (Å²) in [5.41, 5.74) is 1.74. The minimum Gasteiger partial charge on any atom is -0.371 e. The van der Waals surface area contributed by atoms with Gasteiger partial charge in [-0.3, -0.25) is 23.2 Å². The number of nitrogens with one attached hydrogen (secondary N) is 2. The molecule has 5 aromatic rings. The highest BCUT2D eigenvalue weighted by Gasteiger charge is 2.29. The smallest absolute Gasteiger partial charge is 0.262 e. The third-order valence-electron chi connectivity index (χ3n) is 7.79. The lowest BCUT2D eigenvalue weighted by Gasteiger charge is -2.34. The normalized spacial score (nSPS) is 16.1. The van der Waals surface area contributed by atoms with E-state index in [4.69, 9.17) is 0 Å². The maximum Gasteiger partial charge on any atom is 0.262 e. The molecule has 2 aliphatic rings. The second kappa shape index (κ2) is 9.81. The van der Waals surface area contributed by atoms with Crippen LogP contribution in [0.1, 0.15) is 41.7 Å². The zero-order valence-corrected chi connectivity index (χ0v) is 22.8. The zero-order chi connectivity index (χ0) is 28.2. The van der Waals surface area contributed by atoms with Gasteiger partial charge in [0.15, 0.2) is 17.3 Å². The number of carbonyl (C=O) groups excluding carboxylic acids is 1. The van der Waals surface area contributed by atoms with E-state index in [-0.39, 0.29) is 28.3 Å². The number of pyridine rings is 1. The van der Waals surface area contributed by atoms with Crippen LogP contribution >= 0.6 is 0 Å². The van der Waals surface area contributed by atoms with Crippen molar-refractivity contribution in [3.63, 3.8) is 0 Å². The van der Waals surface area contributed by atoms with Crippen LogP contribution in [0.25, 0.3) is 22.4 Å². The number of rotatable bonds is 6. The van der Waals surface area contributed by atoms with Crippen LogP contribution in [0.5, 0.6) is 0 Å². The SMILES string of the molecule is Cc1cn2cc(NC(=O)c3c(F)cc(N4CCC(NC5CC5)CC4)c4cn(C)nc34)nc(-n3ccccc3=O)c2n1. The van der Waals surface area contributed by atoms with Crippen molar-refractivity contribution in [3.8, 4) is 5.82 Å². The highest BCUT2D eigenvalue weighted by atomic mass is 19.1. The van der Waals surface area contributed by atoms with E-state index < -0.39 is 11.7 Å². The Bertz CT molecular complexity index is 1860. The van der Waals surface area contributed by atoms with E-state index in [1.54, 1.807) is 46.9 Å². The Hall–Kier alpha value is -4.58. The molecular formula is C29H30FN9O2. The van der Waals surface area contributed by atoms with E-state index in [1.165, 1.54) is 29.5 Å². The quantitative estimate of drug-likeness (QED) is 0.331. The molecule has 1 aliphatic heterocycles. The molecule has 0 spiro atoms. The molecule has 1 aliphatic carbocycles. The van der Waals surface area contributed by atoms with Crippen LogP contribution < -0.4 is 21.1 Å². The van der Waals surface area contributed by atoms with Gasteiger partial charge in [-0.1, -0.05) is 6.07 Å². The topological polar surface area (TPSA) is 114 Å². The van der Waals surface area contributed by atoms with Crippen LogP contribution in [-0.2, 0) is 7.05 Å². The number of benzene rings is 1. The van der Waals surface area contributed by atoms with Crippen LogP contribution in [0.15, 0.2) is 53.8 Å². The molecule has 41 heavy (non-hydrogen) atoms. The Morgan fingerprint density at radius 2 is 1.83 bits per heavy atom. The molecule has 0 bridgehead atoms. The van der Waals surface area contributed by atoms with Gasteiger partial charge < -0.3 is 15.5 Å². The van der Waals surface area contributed by atoms with Gasteiger partial charge in [0.25, 0.3) is 11.5 Å². The van der Waals surface area contributed by atoms with Crippen LogP contribution in [0.3, 0.4) is 0 Å². The van der Waals surface area contributed by atoms with Gasteiger partial charge in [-0.2, -0.15) is 5.10 Å². The molecule has 5 heterocycles. The third kappa shape index (κ3) is 4.73. The Labute approximate surface area is 234 Å². The number of nitrogens with zero attached hydrogens (tertiary/aromatic N) is 7. The number of carbonyl (C=O) groups is 1. The first-order valence-corrected chi connectivity index (χ1v) is 13.9. The van der Waals surface area contributed by atoms with E-state index in [9.17, 15) is 9.59 Å². The van der Waals surface area contributed by atoms with Crippen molar-refractivity contribution in [3.05, 3.63) is 76.5 Å². The number of amides is 1. The number of anilines is 2. The second-order valence-corrected chi connectivity index (χ2v) is 10.9. The average Bonchev–Trinajstić information content (AvgIpc) is 3.55. The van der Waals surface area contributed by atoms with Crippen LogP contribution in [0.2, 0.25) is 0 Å². The minimum absolute atomic E-state index is 0.142. The molecule has 0 unspecified atom stereocenters. The van der Waals surface area contributed by atoms with Crippen molar-refractivity contribution in [2.24, 2.45) is 7.05 Å². The van der Waals surface area contributed by atoms with Gasteiger partial charge in [-0.15, -0.1) is 0 Å². The summed E-state index contributed by atoms with van der Waals surface area (Å²) in [4.78, 5) is 37.4. The summed E-state index contributed by atoms with van der Waals surface area (Å²) >= 11 is 0. The van der Waals surface area contributed by atoms with Crippen LogP contribution in [0.4, 0.5) is 15.9 Å². The van der Waals surface area contributed by atoms with Gasteiger partial charge in [0.2, 0.25) is 0 Å². The molecule has 2 fully saturated rings. The van der Waals surface area contributed by atoms with Gasteiger partial charge in [0, 0.05) is 62.3 Å². The van der Waals surface area contributed by atoms with Gasteiger partial charge in [0.1, 0.15) is 16.9 Å². The summed E-state index contributed by atoms with van der Waals surface area (Å²) in [6, 6.07) is 7.35. The highest BCUT2D eigenvalue weighted by molar-refractivity contribution is 6.14. The lowest BCUT2D eigenvalue weighted by molar-refractivity contribution is 0.102. The number of hydrogen-bond donors (Lipinski definition) is 2. The lowest BCUT2D eigenvalue weighted by atomic mass is 10.0. The molecule has 4 aromatic heterocycles. The molecule has 1 saturated heterocycles. The summed E-state index contributed by atoms with van der Waals surface area (Å²) in [5, 5.41) is 11.6. The predicted molar refractivity (Wildman–Crippen MR) is 153 cm³/mol. The summed E-state index contributed by atoms with van der Waals surface area (Å²) in [7, 11) is 1.76. The molecule has 11 nitrogen and oxygen atoms in total. The van der Waals surface area contributed by atoms with Crippen molar-refractivity contribution >= 4 is 34.0 Å². The fraction of sp³-hybridized carbons (Fsp3) is 0.345. The second-order valence-electron chi connectivity index (χ2n) is 10.9. The number of piperidine rings is 1. The fourth-order valence-electron chi connectivity index (χ4n) is 5.70. The Balaban J connectivity index is 1.23. The van der Waals surface area contributed by atoms with Gasteiger partial charge >= 0.3 is 0 Å². The molecule has 7 rings (SSSR count). The molecular weight excluding hydrogens is 525 g/mol. The van der Waals surface area contributed by atoms with E-state index in [1.807, 2.05) is 13.1 Å². The molecule has 1 aromatic carbocycles. The van der Waals surface area contributed by atoms with E-state index >= 15 is 4.39 Å². The maximum atomic E-state index is 15.8. The number of hydrogen-bond acceptors (Lipinski definition) is 7. The van der Waals surface area contributed by atoms with Crippen molar-refractivity contribution < 1.29 is 9.18 Å². The molecule has 1 saturated carbocycles. The Morgan fingerprint density at radius 1 is 1.05 bits per heavy atom. The van der Waals surface area contributed by atoms with Gasteiger partial charge in [-0.05, 0) is 44.7 Å². The van der Waals surface area contributed by atoms with Crippen LogP contribution in [0, 0.1) is 12.7 Å². The maximum absolute atomic E-state index is 15.8. The summed E-state index contributed by atoms with van der Waals surface area (Å²) in [6.45, 7) is 3.42. The standard InChI is InChI=1S/C29H30FN9O2/c1-17-14-38-16-23(33-28(27(38)31-17)39-10-4-3-5-24(39)40)34-29(41)25-21(30)13-22(20-15-36(2)35-26(20)25)37-11-8-19(9-12-37)32-18-6-7-18/h3-5,10,13-16,18-19,32H,6-9,11-12H2,1-2H3,(H,34,41). The number of fused-ring (bicyclic) bond motifs is 2. The molecule has 210 valence electrons. The van der Waals surface area contributed by atoms with Gasteiger partial charge in [0.05, 0.1) is 17.6 Å². The molecule has 1 amide bonds. The first-order chi connectivity index (χ1) is 19.8. The lowest BCUT2D eigenvalue weighted by Crippen LogP contribution is -2.43. The summed E-state index contributed by atoms with van der Waals surface area (Å²) in [5.74, 6) is -0.940. The highest BCUT2D eigenvalue weighted by Crippen LogP contribution is 2.34. The fourth-order valence-corrected chi connectivity index (χ4v) is 5.70. The first kappa shape index (κ1) is 25.4. The predicted octanol–water partition coefficient (Wildman–Crippen LogP) is 3.19. The average molecular weight is 556 g/mol. The molecule has 2 N–H and O–H groups in total. The third-order valence-corrected chi connectivity index (χ3v) is 7.79. The summed E-state index contributed by atoms with van der Waals surface area (Å²) in [6.07, 6.45) is 11.2. The molecule has 12 heteroatoms. The van der Waals surface area contributed by atoms with Crippen LogP contribution in [-0.4, -0.2) is 59.8 Å². The number of aromatic nitrogens is 6. The van der Waals surface area contributed by atoms with E-state index in [0.717, 1.165) is 37.0 Å². The first-order valence-electron chi connectivity index (χ1n) is 13.9. The van der Waals surface area contributed by atoms with E-state index in [0.29, 0.717) is 23.4 Å². The zero-order valence-electron chi connectivity index (χ0n) is 22.8. The minimum atomic E-state index is -0.680. The molecule has 0 radical (unpaired) electrons. The van der Waals surface area contributed by atoms with Crippen molar-refractivity contribution in [1.29, 1.82) is 0 Å². The summed E-state index contributed by atoms with van der Waals surface area (Å²) < 4.78 is 20.4. The largest absolute Gasteiger partial charge is 0.371 e. The number of aryl methyl sites for hydroxylation is 2. The van der Waals surface area contributed by atoms with Gasteiger partial charge in [-0.25, -0.2) is 14.4 Å². The Morgan fingerprint density at radius 3 is 2.59 bits per heavy atom. The van der Waals surface area contributed by atoms with Crippen molar-refractivity contribution in [2.75, 3.05) is 23.3 Å². The number of halogens is 1. The monoisotopic (exact) mass is 555 g/mol. The van der Waals surface area contributed by atoms with Crippen molar-refractivity contribution in [2.45, 2.75) is 44.7 Å². The van der Waals surface area contributed by atoms with Crippen molar-refractivity contribution in [1.82, 2.24) is 34.0 Å². The van der Waals surface area contributed by atoms with E-state index in [2.05, 4.69) is 30.6 Å². The number of imidazole rings is 1. The Kier molecular flexibility index (Phi) is 6.07. The molecule has 0 atom stereocenters.